The lowest BCUT2D eigenvalue weighted by Gasteiger charge is -1.99. The van der Waals surface area contributed by atoms with E-state index in [1.807, 2.05) is 0 Å². The first-order valence-corrected chi connectivity index (χ1v) is 3.02. The molecule has 0 saturated carbocycles. The summed E-state index contributed by atoms with van der Waals surface area (Å²) in [6.45, 7) is 0. The van der Waals surface area contributed by atoms with E-state index in [0.29, 0.717) is 11.4 Å². The van der Waals surface area contributed by atoms with E-state index in [9.17, 15) is 4.79 Å². The van der Waals surface area contributed by atoms with Crippen LogP contribution in [0.3, 0.4) is 0 Å². The van der Waals surface area contributed by atoms with Gasteiger partial charge in [0.2, 0.25) is 0 Å². The Hall–Kier alpha value is -1.71. The van der Waals surface area contributed by atoms with Crippen LogP contribution < -0.4 is 16.8 Å². The molecule has 0 bridgehead atoms. The molecule has 1 aromatic rings. The van der Waals surface area contributed by atoms with E-state index in [1.165, 1.54) is 0 Å². The van der Waals surface area contributed by atoms with Crippen molar-refractivity contribution in [2.45, 2.75) is 0 Å². The fraction of sp³-hybridized carbons (Fsp3) is 0. The Kier molecular flexibility index (Phi) is 1.96. The number of hydrogen-bond donors (Lipinski definition) is 3. The highest BCUT2D eigenvalue weighted by Gasteiger charge is 1.93. The molecule has 1 radical (unpaired) electrons. The molecule has 0 aromatic heterocycles. The molecule has 1 aromatic carbocycles. The molecule has 57 valence electrons. The monoisotopic (exact) mass is 150 g/mol. The van der Waals surface area contributed by atoms with E-state index < -0.39 is 6.03 Å². The van der Waals surface area contributed by atoms with Gasteiger partial charge in [0.15, 0.2) is 0 Å². The Morgan fingerprint density at radius 2 is 2.27 bits per heavy atom. The molecule has 5 N–H and O–H groups in total. The average molecular weight is 150 g/mol. The van der Waals surface area contributed by atoms with Crippen molar-refractivity contribution in [3.8, 4) is 0 Å². The fourth-order valence-electron chi connectivity index (χ4n) is 0.647. The number of benzene rings is 1. The highest BCUT2D eigenvalue weighted by molar-refractivity contribution is 5.87. The second kappa shape index (κ2) is 2.92. The van der Waals surface area contributed by atoms with Crippen LogP contribution in [0.4, 0.5) is 16.2 Å². The number of carbonyl (C=O) groups excluding carboxylic acids is 1. The van der Waals surface area contributed by atoms with E-state index in [4.69, 9.17) is 11.5 Å². The summed E-state index contributed by atoms with van der Waals surface area (Å²) in [6, 6.07) is 6.97. The van der Waals surface area contributed by atoms with Crippen LogP contribution in [0, 0.1) is 6.07 Å². The van der Waals surface area contributed by atoms with Crippen LogP contribution in [0.2, 0.25) is 0 Å². The topological polar surface area (TPSA) is 81.1 Å². The summed E-state index contributed by atoms with van der Waals surface area (Å²) in [5.41, 5.74) is 11.4. The smallest absolute Gasteiger partial charge is 0.316 e. The third-order valence-corrected chi connectivity index (χ3v) is 1.09. The zero-order valence-corrected chi connectivity index (χ0v) is 5.79. The second-order valence-electron chi connectivity index (χ2n) is 2.02. The van der Waals surface area contributed by atoms with Crippen LogP contribution in [-0.4, -0.2) is 6.03 Å². The molecule has 11 heavy (non-hydrogen) atoms. The van der Waals surface area contributed by atoms with Crippen LogP contribution in [0.25, 0.3) is 0 Å². The predicted octanol–water partition coefficient (Wildman–Crippen LogP) is 0.560. The Bertz CT molecular complexity index is 255. The van der Waals surface area contributed by atoms with E-state index in [0.717, 1.165) is 0 Å². The van der Waals surface area contributed by atoms with Gasteiger partial charge in [-0.25, -0.2) is 4.79 Å². The number of nitrogens with one attached hydrogen (secondary N) is 1. The molecule has 4 heteroatoms. The van der Waals surface area contributed by atoms with Crippen LogP contribution in [-0.2, 0) is 0 Å². The summed E-state index contributed by atoms with van der Waals surface area (Å²) in [7, 11) is 0. The number of urea groups is 1. The van der Waals surface area contributed by atoms with Crippen molar-refractivity contribution in [1.29, 1.82) is 0 Å². The van der Waals surface area contributed by atoms with E-state index in [-0.39, 0.29) is 0 Å². The number of rotatable bonds is 1. The summed E-state index contributed by atoms with van der Waals surface area (Å²) in [4.78, 5) is 10.3. The highest BCUT2D eigenvalue weighted by Crippen LogP contribution is 2.08. The maximum Gasteiger partial charge on any atom is 0.316 e. The predicted molar refractivity (Wildman–Crippen MR) is 42.9 cm³/mol. The molecule has 4 nitrogen and oxygen atoms in total. The van der Waals surface area contributed by atoms with Crippen LogP contribution in [0.5, 0.6) is 0 Å². The molecule has 0 aliphatic heterocycles. The van der Waals surface area contributed by atoms with Crippen molar-refractivity contribution in [2.24, 2.45) is 5.73 Å². The van der Waals surface area contributed by atoms with Gasteiger partial charge in [-0.1, -0.05) is 0 Å². The highest BCUT2D eigenvalue weighted by atomic mass is 16.2. The number of primary amides is 1. The van der Waals surface area contributed by atoms with Gasteiger partial charge in [-0.05, 0) is 18.2 Å². The van der Waals surface area contributed by atoms with Gasteiger partial charge in [-0.2, -0.15) is 0 Å². The third-order valence-electron chi connectivity index (χ3n) is 1.09. The summed E-state index contributed by atoms with van der Waals surface area (Å²) >= 11 is 0. The van der Waals surface area contributed by atoms with Crippen molar-refractivity contribution in [3.63, 3.8) is 0 Å². The van der Waals surface area contributed by atoms with Gasteiger partial charge in [0.05, 0.1) is 5.69 Å². The third kappa shape index (κ3) is 2.17. The zero-order chi connectivity index (χ0) is 8.27. The van der Waals surface area contributed by atoms with Gasteiger partial charge >= 0.3 is 6.03 Å². The average Bonchev–Trinajstić information content (AvgIpc) is 1.93. The number of carbonyl (C=O) groups is 1. The van der Waals surface area contributed by atoms with Gasteiger partial charge in [0, 0.05) is 11.8 Å². The lowest BCUT2D eigenvalue weighted by Crippen LogP contribution is -2.19. The fourth-order valence-corrected chi connectivity index (χ4v) is 0.647. The van der Waals surface area contributed by atoms with Gasteiger partial charge in [0.1, 0.15) is 0 Å². The van der Waals surface area contributed by atoms with Crippen molar-refractivity contribution in [1.82, 2.24) is 0 Å². The summed E-state index contributed by atoms with van der Waals surface area (Å²) in [5.74, 6) is 0. The molecule has 0 saturated heterocycles. The quantitative estimate of drug-likeness (QED) is 0.511. The normalized spacial score (nSPS) is 9.09. The molecule has 0 spiro atoms. The first-order chi connectivity index (χ1) is 5.18. The Morgan fingerprint density at radius 3 is 2.73 bits per heavy atom. The van der Waals surface area contributed by atoms with Crippen molar-refractivity contribution in [3.05, 3.63) is 24.3 Å². The number of nitrogens with two attached hydrogens (primary N) is 2. The molecule has 0 unspecified atom stereocenters. The lowest BCUT2D eigenvalue weighted by molar-refractivity contribution is 0.259. The van der Waals surface area contributed by atoms with Crippen molar-refractivity contribution in [2.75, 3.05) is 11.1 Å². The molecular weight excluding hydrogens is 142 g/mol. The van der Waals surface area contributed by atoms with E-state index in [2.05, 4.69) is 11.4 Å². The Labute approximate surface area is 64.2 Å². The lowest BCUT2D eigenvalue weighted by atomic mass is 10.3. The van der Waals surface area contributed by atoms with Crippen molar-refractivity contribution >= 4 is 17.4 Å². The SMILES string of the molecule is NC(=O)Nc1[c]cc(N)cc1. The Balaban J connectivity index is 2.74. The molecule has 0 fully saturated rings. The molecule has 2 amide bonds. The molecule has 0 heterocycles. The van der Waals surface area contributed by atoms with Crippen LogP contribution in [0.15, 0.2) is 18.2 Å². The second-order valence-corrected chi connectivity index (χ2v) is 2.02. The minimum Gasteiger partial charge on any atom is -0.399 e. The number of anilines is 2. The standard InChI is InChI=1S/C7H8N3O/c8-5-1-3-6(4-2-5)10-7(9)11/h1-3H,8H2,(H3,9,10,11). The van der Waals surface area contributed by atoms with Gasteiger partial charge in [-0.15, -0.1) is 0 Å². The number of amides is 2. The summed E-state index contributed by atoms with van der Waals surface area (Å²) in [5, 5.41) is 2.36. The molecule has 0 atom stereocenters. The molecule has 0 aliphatic carbocycles. The molecular formula is C7H8N3O. The summed E-state index contributed by atoms with van der Waals surface area (Å²) in [6.07, 6.45) is 0. The van der Waals surface area contributed by atoms with Gasteiger partial charge in [0.25, 0.3) is 0 Å². The maximum atomic E-state index is 10.3. The summed E-state index contributed by atoms with van der Waals surface area (Å²) < 4.78 is 0. The zero-order valence-electron chi connectivity index (χ0n) is 5.79. The van der Waals surface area contributed by atoms with Crippen LogP contribution >= 0.6 is 0 Å². The number of nitrogen functional groups attached to an aromatic ring is 1. The minimum absolute atomic E-state index is 0.520. The van der Waals surface area contributed by atoms with Gasteiger partial charge < -0.3 is 16.8 Å². The van der Waals surface area contributed by atoms with E-state index >= 15 is 0 Å². The minimum atomic E-state index is -0.606. The first kappa shape index (κ1) is 7.40. The van der Waals surface area contributed by atoms with E-state index in [1.54, 1.807) is 18.2 Å². The van der Waals surface area contributed by atoms with Crippen molar-refractivity contribution < 1.29 is 4.79 Å². The van der Waals surface area contributed by atoms with Crippen LogP contribution in [0.1, 0.15) is 0 Å². The molecule has 1 rings (SSSR count). The largest absolute Gasteiger partial charge is 0.399 e. The number of hydrogen-bond acceptors (Lipinski definition) is 2. The molecule has 0 aliphatic rings. The first-order valence-electron chi connectivity index (χ1n) is 3.02. The Morgan fingerprint density at radius 1 is 1.55 bits per heavy atom. The van der Waals surface area contributed by atoms with Gasteiger partial charge in [-0.3, -0.25) is 0 Å². The maximum absolute atomic E-state index is 10.3.